The van der Waals surface area contributed by atoms with Gasteiger partial charge in [0.1, 0.15) is 12.2 Å². The Morgan fingerprint density at radius 3 is 2.41 bits per heavy atom. The number of carbonyl (C=O) groups is 2. The maximum Gasteiger partial charge on any atom is 0.410 e. The first-order valence-electron chi connectivity index (χ1n) is 9.05. The van der Waals surface area contributed by atoms with Crippen LogP contribution in [0.3, 0.4) is 0 Å². The van der Waals surface area contributed by atoms with Gasteiger partial charge in [0.2, 0.25) is 0 Å². The Morgan fingerprint density at radius 1 is 1.15 bits per heavy atom. The number of hydrogen-bond donors (Lipinski definition) is 0. The Hall–Kier alpha value is -2.75. The normalized spacial score (nSPS) is 20.0. The third kappa shape index (κ3) is 5.88. The second-order valence-corrected chi connectivity index (χ2v) is 7.69. The quantitative estimate of drug-likeness (QED) is 0.809. The summed E-state index contributed by atoms with van der Waals surface area (Å²) < 4.78 is 10.9. The first-order valence-corrected chi connectivity index (χ1v) is 9.05. The molecular weight excluding hydrogens is 346 g/mol. The molecule has 1 aliphatic rings. The lowest BCUT2D eigenvalue weighted by Crippen LogP contribution is -2.60. The van der Waals surface area contributed by atoms with Crippen LogP contribution in [0.2, 0.25) is 0 Å². The number of nitriles is 1. The highest BCUT2D eigenvalue weighted by molar-refractivity contribution is 5.71. The minimum atomic E-state index is -0.604. The summed E-state index contributed by atoms with van der Waals surface area (Å²) in [5.41, 5.74) is 0.288. The molecule has 1 aromatic carbocycles. The van der Waals surface area contributed by atoms with Crippen LogP contribution >= 0.6 is 0 Å². The molecule has 0 aromatic heterocycles. The van der Waals surface area contributed by atoms with E-state index in [0.717, 1.165) is 5.56 Å². The Kier molecular flexibility index (Phi) is 6.67. The van der Waals surface area contributed by atoms with Gasteiger partial charge in [-0.05, 0) is 33.3 Å². The van der Waals surface area contributed by atoms with Gasteiger partial charge >= 0.3 is 12.2 Å². The third-order valence-corrected chi connectivity index (χ3v) is 4.24. The molecule has 0 aliphatic carbocycles. The van der Waals surface area contributed by atoms with Crippen molar-refractivity contribution in [3.05, 3.63) is 35.9 Å². The SMILES string of the molecule is C[C@H]1CN(C(=O)OCc2ccccc2)[C@@H](CC#N)CN1C(=O)OC(C)(C)C. The van der Waals surface area contributed by atoms with Crippen molar-refractivity contribution in [1.29, 1.82) is 5.26 Å². The van der Waals surface area contributed by atoms with Gasteiger partial charge in [-0.15, -0.1) is 0 Å². The fraction of sp³-hybridized carbons (Fsp3) is 0.550. The molecule has 0 spiro atoms. The summed E-state index contributed by atoms with van der Waals surface area (Å²) in [7, 11) is 0. The Balaban J connectivity index is 2.03. The first kappa shape index (κ1) is 20.6. The standard InChI is InChI=1S/C20H27N3O4/c1-15-12-23(18(24)26-14-16-8-6-5-7-9-16)17(10-11-21)13-22(15)19(25)27-20(2,3)4/h5-9,15,17H,10,12-14H2,1-4H3/t15-,17-/m0/s1. The van der Waals surface area contributed by atoms with Crippen LogP contribution in [0, 0.1) is 11.3 Å². The van der Waals surface area contributed by atoms with Crippen molar-refractivity contribution in [3.63, 3.8) is 0 Å². The molecule has 0 radical (unpaired) electrons. The predicted molar refractivity (Wildman–Crippen MR) is 99.8 cm³/mol. The van der Waals surface area contributed by atoms with Crippen molar-refractivity contribution in [3.8, 4) is 6.07 Å². The van der Waals surface area contributed by atoms with E-state index < -0.39 is 23.8 Å². The van der Waals surface area contributed by atoms with Crippen LogP contribution in [0.5, 0.6) is 0 Å². The topological polar surface area (TPSA) is 82.9 Å². The monoisotopic (exact) mass is 373 g/mol. The van der Waals surface area contributed by atoms with Crippen molar-refractivity contribution in [2.45, 2.75) is 58.4 Å². The zero-order valence-corrected chi connectivity index (χ0v) is 16.3. The highest BCUT2D eigenvalue weighted by Crippen LogP contribution is 2.21. The van der Waals surface area contributed by atoms with Crippen LogP contribution in [0.1, 0.15) is 39.7 Å². The number of piperazine rings is 1. The van der Waals surface area contributed by atoms with Gasteiger partial charge in [-0.1, -0.05) is 30.3 Å². The molecule has 0 bridgehead atoms. The van der Waals surface area contributed by atoms with E-state index in [9.17, 15) is 9.59 Å². The van der Waals surface area contributed by atoms with Crippen LogP contribution in [-0.2, 0) is 16.1 Å². The number of hydrogen-bond acceptors (Lipinski definition) is 5. The number of carbonyl (C=O) groups excluding carboxylic acids is 2. The van der Waals surface area contributed by atoms with Crippen LogP contribution in [0.15, 0.2) is 30.3 Å². The van der Waals surface area contributed by atoms with E-state index in [-0.39, 0.29) is 25.6 Å². The maximum absolute atomic E-state index is 12.6. The molecule has 0 saturated carbocycles. The van der Waals surface area contributed by atoms with Crippen molar-refractivity contribution in [2.24, 2.45) is 0 Å². The molecule has 2 rings (SSSR count). The summed E-state index contributed by atoms with van der Waals surface area (Å²) in [6, 6.07) is 10.8. The van der Waals surface area contributed by atoms with Crippen molar-refractivity contribution < 1.29 is 19.1 Å². The van der Waals surface area contributed by atoms with Crippen LogP contribution < -0.4 is 0 Å². The van der Waals surface area contributed by atoms with Crippen LogP contribution in [0.25, 0.3) is 0 Å². The zero-order chi connectivity index (χ0) is 20.0. The molecule has 0 N–H and O–H groups in total. The smallest absolute Gasteiger partial charge is 0.410 e. The van der Waals surface area contributed by atoms with E-state index >= 15 is 0 Å². The van der Waals surface area contributed by atoms with Crippen molar-refractivity contribution >= 4 is 12.2 Å². The largest absolute Gasteiger partial charge is 0.445 e. The minimum Gasteiger partial charge on any atom is -0.445 e. The molecule has 0 unspecified atom stereocenters. The van der Waals surface area contributed by atoms with E-state index in [0.29, 0.717) is 6.54 Å². The number of rotatable bonds is 3. The number of amides is 2. The van der Waals surface area contributed by atoms with Gasteiger partial charge in [-0.25, -0.2) is 9.59 Å². The number of benzene rings is 1. The molecular formula is C20H27N3O4. The summed E-state index contributed by atoms with van der Waals surface area (Å²) in [4.78, 5) is 28.1. The van der Waals surface area contributed by atoms with Gasteiger partial charge in [-0.2, -0.15) is 5.26 Å². The summed E-state index contributed by atoms with van der Waals surface area (Å²) in [6.45, 7) is 7.96. The van der Waals surface area contributed by atoms with E-state index in [1.807, 2.05) is 37.3 Å². The van der Waals surface area contributed by atoms with E-state index in [2.05, 4.69) is 6.07 Å². The fourth-order valence-electron chi connectivity index (χ4n) is 2.92. The Bertz CT molecular complexity index is 693. The summed E-state index contributed by atoms with van der Waals surface area (Å²) >= 11 is 0. The van der Waals surface area contributed by atoms with Gasteiger partial charge in [0.05, 0.1) is 24.6 Å². The molecule has 146 valence electrons. The van der Waals surface area contributed by atoms with Gasteiger partial charge < -0.3 is 19.3 Å². The van der Waals surface area contributed by atoms with Gasteiger partial charge in [0.15, 0.2) is 0 Å². The lowest BCUT2D eigenvalue weighted by atomic mass is 10.1. The Labute approximate surface area is 160 Å². The van der Waals surface area contributed by atoms with Crippen molar-refractivity contribution in [1.82, 2.24) is 9.80 Å². The molecule has 2 atom stereocenters. The second kappa shape index (κ2) is 8.76. The van der Waals surface area contributed by atoms with Gasteiger partial charge in [0, 0.05) is 13.1 Å². The Morgan fingerprint density at radius 2 is 1.81 bits per heavy atom. The van der Waals surface area contributed by atoms with Gasteiger partial charge in [0.25, 0.3) is 0 Å². The lowest BCUT2D eigenvalue weighted by molar-refractivity contribution is -0.0135. The van der Waals surface area contributed by atoms with Crippen LogP contribution in [0.4, 0.5) is 9.59 Å². The van der Waals surface area contributed by atoms with Gasteiger partial charge in [-0.3, -0.25) is 0 Å². The summed E-state index contributed by atoms with van der Waals surface area (Å²) in [6.07, 6.45) is -0.794. The highest BCUT2D eigenvalue weighted by atomic mass is 16.6. The number of nitrogens with zero attached hydrogens (tertiary/aromatic N) is 3. The summed E-state index contributed by atoms with van der Waals surface area (Å²) in [5, 5.41) is 9.14. The van der Waals surface area contributed by atoms with E-state index in [1.165, 1.54) is 4.90 Å². The van der Waals surface area contributed by atoms with E-state index in [1.54, 1.807) is 25.7 Å². The molecule has 2 amide bonds. The second-order valence-electron chi connectivity index (χ2n) is 7.69. The molecule has 1 saturated heterocycles. The predicted octanol–water partition coefficient (Wildman–Crippen LogP) is 3.55. The summed E-state index contributed by atoms with van der Waals surface area (Å²) in [5.74, 6) is 0. The minimum absolute atomic E-state index is 0.118. The molecule has 7 heteroatoms. The lowest BCUT2D eigenvalue weighted by Gasteiger charge is -2.44. The van der Waals surface area contributed by atoms with E-state index in [4.69, 9.17) is 14.7 Å². The fourth-order valence-corrected chi connectivity index (χ4v) is 2.92. The first-order chi connectivity index (χ1) is 12.7. The zero-order valence-electron chi connectivity index (χ0n) is 16.3. The van der Waals surface area contributed by atoms with Crippen LogP contribution in [-0.4, -0.2) is 52.8 Å². The average Bonchev–Trinajstić information content (AvgIpc) is 2.60. The van der Waals surface area contributed by atoms with Crippen molar-refractivity contribution in [2.75, 3.05) is 13.1 Å². The molecule has 27 heavy (non-hydrogen) atoms. The maximum atomic E-state index is 12.6. The third-order valence-electron chi connectivity index (χ3n) is 4.24. The molecule has 1 aliphatic heterocycles. The number of ether oxygens (including phenoxy) is 2. The highest BCUT2D eigenvalue weighted by Gasteiger charge is 2.38. The molecule has 1 heterocycles. The molecule has 1 fully saturated rings. The average molecular weight is 373 g/mol. The molecule has 7 nitrogen and oxygen atoms in total. The molecule has 1 aromatic rings.